The molecule has 1 fully saturated rings. The molecule has 46 heavy (non-hydrogen) atoms. The maximum Gasteiger partial charge on any atom is 0.330 e. The summed E-state index contributed by atoms with van der Waals surface area (Å²) in [5.74, 6) is -0.0626. The molecule has 3 heterocycles. The summed E-state index contributed by atoms with van der Waals surface area (Å²) >= 11 is 13.9. The average molecular weight is 664 g/mol. The Morgan fingerprint density at radius 2 is 1.76 bits per heavy atom. The van der Waals surface area contributed by atoms with E-state index >= 15 is 0 Å². The summed E-state index contributed by atoms with van der Waals surface area (Å²) in [6.45, 7) is 0.711. The van der Waals surface area contributed by atoms with Gasteiger partial charge in [0.15, 0.2) is 0 Å². The number of aryl methyl sites for hydroxylation is 1. The summed E-state index contributed by atoms with van der Waals surface area (Å²) in [6.07, 6.45) is 4.15. The van der Waals surface area contributed by atoms with E-state index in [9.17, 15) is 19.2 Å². The predicted octanol–water partition coefficient (Wildman–Crippen LogP) is 3.72. The number of amides is 2. The number of fused-ring (bicyclic) bond motifs is 1. The van der Waals surface area contributed by atoms with Crippen LogP contribution in [0.1, 0.15) is 34.3 Å². The van der Waals surface area contributed by atoms with E-state index in [1.165, 1.54) is 20.3 Å². The Kier molecular flexibility index (Phi) is 8.73. The van der Waals surface area contributed by atoms with Crippen LogP contribution in [-0.4, -0.2) is 51.7 Å². The highest BCUT2D eigenvalue weighted by Gasteiger charge is 2.29. The second kappa shape index (κ2) is 12.7. The van der Waals surface area contributed by atoms with Crippen molar-refractivity contribution in [3.63, 3.8) is 0 Å². The fourth-order valence-corrected chi connectivity index (χ4v) is 6.70. The summed E-state index contributed by atoms with van der Waals surface area (Å²) in [5.41, 5.74) is 3.49. The molecule has 1 aliphatic carbocycles. The van der Waals surface area contributed by atoms with Gasteiger partial charge in [-0.3, -0.25) is 19.0 Å². The number of carbonyl (C=O) groups excluding carboxylic acids is 2. The Labute approximate surface area is 274 Å². The lowest BCUT2D eigenvalue weighted by atomic mass is 9.99. The van der Waals surface area contributed by atoms with Gasteiger partial charge in [-0.05, 0) is 37.0 Å². The first-order valence-electron chi connectivity index (χ1n) is 14.8. The number of halogens is 2. The monoisotopic (exact) mass is 662 g/mol. The number of hydrogen-bond acceptors (Lipinski definition) is 7. The topological polar surface area (TPSA) is 136 Å². The van der Waals surface area contributed by atoms with Crippen molar-refractivity contribution in [1.82, 2.24) is 24.8 Å². The molecule has 0 radical (unpaired) electrons. The molecule has 1 aliphatic heterocycles. The van der Waals surface area contributed by atoms with Gasteiger partial charge in [-0.15, -0.1) is 0 Å². The third kappa shape index (κ3) is 5.93. The van der Waals surface area contributed by atoms with E-state index in [0.29, 0.717) is 46.3 Å². The molecule has 238 valence electrons. The van der Waals surface area contributed by atoms with Crippen LogP contribution in [0.15, 0.2) is 58.3 Å². The number of nitrogens with zero attached hydrogens (tertiary/aromatic N) is 3. The van der Waals surface area contributed by atoms with Crippen LogP contribution in [0.4, 0.5) is 5.69 Å². The lowest BCUT2D eigenvalue weighted by Gasteiger charge is -2.16. The van der Waals surface area contributed by atoms with E-state index in [4.69, 9.17) is 32.9 Å². The van der Waals surface area contributed by atoms with E-state index in [1.54, 1.807) is 25.3 Å². The van der Waals surface area contributed by atoms with Crippen LogP contribution in [0.3, 0.4) is 0 Å². The van der Waals surface area contributed by atoms with Crippen molar-refractivity contribution in [3.05, 3.63) is 96.2 Å². The smallest absolute Gasteiger partial charge is 0.330 e. The minimum atomic E-state index is -0.717. The zero-order chi connectivity index (χ0) is 32.7. The van der Waals surface area contributed by atoms with Gasteiger partial charge in [-0.25, -0.2) is 9.78 Å². The summed E-state index contributed by atoms with van der Waals surface area (Å²) in [7, 11) is 4.37. The van der Waals surface area contributed by atoms with E-state index in [2.05, 4.69) is 16.0 Å². The van der Waals surface area contributed by atoms with Crippen LogP contribution >= 0.6 is 23.2 Å². The second-order valence-electron chi connectivity index (χ2n) is 11.6. The van der Waals surface area contributed by atoms with Crippen LogP contribution in [-0.2, 0) is 31.7 Å². The largest absolute Gasteiger partial charge is 0.481 e. The van der Waals surface area contributed by atoms with Gasteiger partial charge in [-0.1, -0.05) is 53.5 Å². The van der Waals surface area contributed by atoms with E-state index in [0.717, 1.165) is 39.5 Å². The van der Waals surface area contributed by atoms with Gasteiger partial charge < -0.3 is 25.3 Å². The van der Waals surface area contributed by atoms with E-state index < -0.39 is 17.2 Å². The Bertz CT molecular complexity index is 2010. The first-order chi connectivity index (χ1) is 22.0. The maximum absolute atomic E-state index is 13.1. The normalized spacial score (nSPS) is 17.1. The highest BCUT2D eigenvalue weighted by Crippen LogP contribution is 2.42. The molecule has 3 N–H and O–H groups in total. The van der Waals surface area contributed by atoms with Gasteiger partial charge in [0.2, 0.25) is 11.8 Å². The highest BCUT2D eigenvalue weighted by atomic mass is 35.5. The third-order valence-electron chi connectivity index (χ3n) is 8.53. The molecular formula is C33H32Cl2N6O5. The molecule has 0 bridgehead atoms. The molecule has 1 unspecified atom stereocenters. The molecule has 0 spiro atoms. The molecule has 2 atom stereocenters. The molecule has 0 saturated carbocycles. The van der Waals surface area contributed by atoms with Crippen molar-refractivity contribution in [2.45, 2.75) is 37.8 Å². The molecule has 1 saturated heterocycles. The lowest BCUT2D eigenvalue weighted by Crippen LogP contribution is -2.40. The van der Waals surface area contributed by atoms with Crippen LogP contribution < -0.4 is 31.9 Å². The van der Waals surface area contributed by atoms with Crippen molar-refractivity contribution in [2.24, 2.45) is 14.1 Å². The average Bonchev–Trinajstić information content (AvgIpc) is 3.66. The lowest BCUT2D eigenvalue weighted by molar-refractivity contribution is -0.119. The van der Waals surface area contributed by atoms with Gasteiger partial charge in [-0.2, -0.15) is 0 Å². The van der Waals surface area contributed by atoms with Gasteiger partial charge in [0.05, 0.1) is 28.5 Å². The number of methoxy groups -OCH3 is 1. The van der Waals surface area contributed by atoms with Crippen molar-refractivity contribution < 1.29 is 14.3 Å². The minimum absolute atomic E-state index is 0.0993. The van der Waals surface area contributed by atoms with Crippen LogP contribution in [0.2, 0.25) is 10.0 Å². The molecule has 4 aromatic rings. The third-order valence-corrected chi connectivity index (χ3v) is 9.34. The van der Waals surface area contributed by atoms with Gasteiger partial charge >= 0.3 is 5.69 Å². The number of ether oxygens (including phenoxy) is 1. The molecule has 2 amide bonds. The van der Waals surface area contributed by atoms with Gasteiger partial charge in [0, 0.05) is 67.6 Å². The predicted molar refractivity (Wildman–Crippen MR) is 177 cm³/mol. The molecule has 2 aromatic carbocycles. The zero-order valence-corrected chi connectivity index (χ0v) is 27.0. The highest BCUT2D eigenvalue weighted by molar-refractivity contribution is 6.39. The molecule has 13 heteroatoms. The van der Waals surface area contributed by atoms with Crippen LogP contribution in [0, 0.1) is 0 Å². The second-order valence-corrected chi connectivity index (χ2v) is 12.3. The first-order valence-corrected chi connectivity index (χ1v) is 15.6. The first kappa shape index (κ1) is 31.5. The Hall–Kier alpha value is -4.45. The fraction of sp³-hybridized carbons (Fsp3) is 0.303. The van der Waals surface area contributed by atoms with Crippen molar-refractivity contribution in [2.75, 3.05) is 19.0 Å². The molecule has 2 aliphatic rings. The number of benzene rings is 2. The number of pyridine rings is 1. The Morgan fingerprint density at radius 3 is 2.48 bits per heavy atom. The maximum atomic E-state index is 13.1. The molecule has 2 aromatic heterocycles. The van der Waals surface area contributed by atoms with Gasteiger partial charge in [0.25, 0.3) is 11.5 Å². The zero-order valence-electron chi connectivity index (χ0n) is 25.4. The standard InChI is InChI=1S/C33H32Cl2N6O5/c1-40-16-24(32(44)41(2)33(40)45)30(43)38-25-9-5-7-21(29(25)35)20-6-4-8-22(28(20)34)26-13-17-12-19(14-23(17)31(39-26)46-3)36-15-18-10-11-27(42)37-18/h4-9,13,16,18-19,36H,10-12,14-15H2,1-3H3,(H,37,42)(H,38,43)/t18-,19?/m0/s1. The SMILES string of the molecule is COc1nc(-c2cccc(-c3cccc(NC(=O)c4cn(C)c(=O)n(C)c4=O)c3Cl)c2Cl)cc2c1CC(NC[C@@H]1CCC(=O)N1)C2. The summed E-state index contributed by atoms with van der Waals surface area (Å²) in [6, 6.07) is 13.1. The van der Waals surface area contributed by atoms with E-state index in [1.807, 2.05) is 24.3 Å². The van der Waals surface area contributed by atoms with Crippen molar-refractivity contribution >= 4 is 40.7 Å². The molecular weight excluding hydrogens is 631 g/mol. The van der Waals surface area contributed by atoms with E-state index in [-0.39, 0.29) is 34.3 Å². The number of anilines is 1. The Morgan fingerprint density at radius 1 is 1.04 bits per heavy atom. The number of nitrogens with one attached hydrogen (secondary N) is 3. The fourth-order valence-electron chi connectivity index (χ4n) is 6.10. The molecule has 6 rings (SSSR count). The molecule has 11 nitrogen and oxygen atoms in total. The quantitative estimate of drug-likeness (QED) is 0.262. The number of rotatable bonds is 8. The number of carbonyl (C=O) groups is 2. The van der Waals surface area contributed by atoms with Crippen LogP contribution in [0.5, 0.6) is 5.88 Å². The summed E-state index contributed by atoms with van der Waals surface area (Å²) in [4.78, 5) is 54.1. The Balaban J connectivity index is 1.27. The van der Waals surface area contributed by atoms with Crippen molar-refractivity contribution in [3.8, 4) is 28.3 Å². The van der Waals surface area contributed by atoms with Crippen LogP contribution in [0.25, 0.3) is 22.4 Å². The van der Waals surface area contributed by atoms with Crippen molar-refractivity contribution in [1.29, 1.82) is 0 Å². The summed E-state index contributed by atoms with van der Waals surface area (Å²) in [5, 5.41) is 9.93. The minimum Gasteiger partial charge on any atom is -0.481 e. The van der Waals surface area contributed by atoms with Gasteiger partial charge in [0.1, 0.15) is 5.56 Å². The number of hydrogen-bond donors (Lipinski definition) is 3. The summed E-state index contributed by atoms with van der Waals surface area (Å²) < 4.78 is 7.74. The number of aromatic nitrogens is 3.